The van der Waals surface area contributed by atoms with Crippen LogP contribution in [0.25, 0.3) is 0 Å². The van der Waals surface area contributed by atoms with Gasteiger partial charge in [0.1, 0.15) is 11.9 Å². The van der Waals surface area contributed by atoms with E-state index in [4.69, 9.17) is 9.47 Å². The normalized spacial score (nSPS) is 15.9. The minimum absolute atomic E-state index is 0.113. The number of carbonyl (C=O) groups excluding carboxylic acids is 1. The first-order valence-electron chi connectivity index (χ1n) is 10.6. The summed E-state index contributed by atoms with van der Waals surface area (Å²) in [6.45, 7) is 7.93. The molecule has 1 aliphatic rings. The Kier molecular flexibility index (Phi) is 10.1. The van der Waals surface area contributed by atoms with E-state index in [1.165, 1.54) is 44.9 Å². The largest absolute Gasteiger partial charge is 0.494 e. The molecule has 0 aromatic heterocycles. The Morgan fingerprint density at radius 2 is 1.78 bits per heavy atom. The van der Waals surface area contributed by atoms with Gasteiger partial charge in [0.25, 0.3) is 0 Å². The third-order valence-corrected chi connectivity index (χ3v) is 4.89. The molecule has 1 saturated heterocycles. The molecule has 0 aliphatic carbocycles. The number of likely N-dealkylation sites (tertiary alicyclic amines) is 1. The monoisotopic (exact) mass is 376 g/mol. The molecule has 5 nitrogen and oxygen atoms in total. The van der Waals surface area contributed by atoms with Crippen molar-refractivity contribution >= 4 is 11.8 Å². The molecular formula is C22H36N2O3. The van der Waals surface area contributed by atoms with Crippen LogP contribution in [0.15, 0.2) is 24.3 Å². The van der Waals surface area contributed by atoms with Crippen molar-refractivity contribution in [1.82, 2.24) is 4.90 Å². The van der Waals surface area contributed by atoms with E-state index < -0.39 is 6.09 Å². The Hall–Kier alpha value is -1.75. The zero-order valence-corrected chi connectivity index (χ0v) is 17.0. The standard InChI is InChI=1S/C22H36N2O3/c1-3-4-5-6-10-17-26-21-13-11-20(12-14-21)23-22(25)27-19(2)18-24-15-8-7-9-16-24/h11-14,19H,3-10,15-18H2,1-2H3,(H,23,25)/t19-/m1/s1. The van der Waals surface area contributed by atoms with Gasteiger partial charge >= 0.3 is 6.09 Å². The van der Waals surface area contributed by atoms with E-state index in [-0.39, 0.29) is 6.10 Å². The Bertz CT molecular complexity index is 527. The lowest BCUT2D eigenvalue weighted by molar-refractivity contribution is 0.0833. The SMILES string of the molecule is CCCCCCCOc1ccc(NC(=O)O[C@H](C)CN2CCCCC2)cc1. The van der Waals surface area contributed by atoms with Gasteiger partial charge in [-0.3, -0.25) is 10.2 Å². The van der Waals surface area contributed by atoms with Crippen LogP contribution in [-0.2, 0) is 4.74 Å². The van der Waals surface area contributed by atoms with Crippen LogP contribution in [0.2, 0.25) is 0 Å². The summed E-state index contributed by atoms with van der Waals surface area (Å²) in [7, 11) is 0. The number of ether oxygens (including phenoxy) is 2. The number of anilines is 1. The van der Waals surface area contributed by atoms with Gasteiger partial charge in [-0.1, -0.05) is 39.0 Å². The fourth-order valence-electron chi connectivity index (χ4n) is 3.40. The highest BCUT2D eigenvalue weighted by Crippen LogP contribution is 2.17. The Morgan fingerprint density at radius 1 is 1.07 bits per heavy atom. The van der Waals surface area contributed by atoms with E-state index in [2.05, 4.69) is 17.1 Å². The first kappa shape index (κ1) is 21.5. The molecule has 1 aliphatic heterocycles. The fraction of sp³-hybridized carbons (Fsp3) is 0.682. The number of rotatable bonds is 11. The molecule has 2 rings (SSSR count). The molecule has 1 fully saturated rings. The first-order valence-corrected chi connectivity index (χ1v) is 10.6. The summed E-state index contributed by atoms with van der Waals surface area (Å²) in [4.78, 5) is 14.4. The van der Waals surface area contributed by atoms with E-state index in [0.717, 1.165) is 44.1 Å². The minimum atomic E-state index is -0.399. The van der Waals surface area contributed by atoms with Gasteiger partial charge in [-0.05, 0) is 63.5 Å². The molecule has 0 bridgehead atoms. The number of carbonyl (C=O) groups is 1. The Balaban J connectivity index is 1.63. The van der Waals surface area contributed by atoms with Gasteiger partial charge in [-0.25, -0.2) is 4.79 Å². The maximum Gasteiger partial charge on any atom is 0.411 e. The fourth-order valence-corrected chi connectivity index (χ4v) is 3.40. The highest BCUT2D eigenvalue weighted by molar-refractivity contribution is 5.84. The van der Waals surface area contributed by atoms with E-state index >= 15 is 0 Å². The number of unbranched alkanes of at least 4 members (excludes halogenated alkanes) is 4. The van der Waals surface area contributed by atoms with Crippen LogP contribution in [0.3, 0.4) is 0 Å². The summed E-state index contributed by atoms with van der Waals surface area (Å²) in [6.07, 6.45) is 9.42. The third-order valence-electron chi connectivity index (χ3n) is 4.89. The summed E-state index contributed by atoms with van der Waals surface area (Å²) in [6, 6.07) is 7.48. The van der Waals surface area contributed by atoms with Crippen LogP contribution in [0.5, 0.6) is 5.75 Å². The average molecular weight is 377 g/mol. The molecule has 1 heterocycles. The average Bonchev–Trinajstić information content (AvgIpc) is 2.66. The predicted molar refractivity (Wildman–Crippen MR) is 111 cm³/mol. The van der Waals surface area contributed by atoms with Crippen molar-refractivity contribution in [2.75, 3.05) is 31.6 Å². The molecule has 0 spiro atoms. The molecule has 1 aromatic carbocycles. The molecular weight excluding hydrogens is 340 g/mol. The van der Waals surface area contributed by atoms with Crippen molar-refractivity contribution in [3.8, 4) is 5.75 Å². The second-order valence-corrected chi connectivity index (χ2v) is 7.49. The molecule has 1 N–H and O–H groups in total. The highest BCUT2D eigenvalue weighted by atomic mass is 16.6. The number of hydrogen-bond acceptors (Lipinski definition) is 4. The number of amides is 1. The number of nitrogens with zero attached hydrogens (tertiary/aromatic N) is 1. The summed E-state index contributed by atoms with van der Waals surface area (Å²) >= 11 is 0. The number of piperidine rings is 1. The molecule has 1 amide bonds. The molecule has 5 heteroatoms. The summed E-state index contributed by atoms with van der Waals surface area (Å²) in [5, 5.41) is 2.79. The molecule has 1 aromatic rings. The predicted octanol–water partition coefficient (Wildman–Crippen LogP) is 5.46. The Labute approximate surface area is 164 Å². The molecule has 0 saturated carbocycles. The second-order valence-electron chi connectivity index (χ2n) is 7.49. The van der Waals surface area contributed by atoms with E-state index in [1.54, 1.807) is 0 Å². The molecule has 0 unspecified atom stereocenters. The quantitative estimate of drug-likeness (QED) is 0.521. The second kappa shape index (κ2) is 12.6. The van der Waals surface area contributed by atoms with E-state index in [0.29, 0.717) is 0 Å². The van der Waals surface area contributed by atoms with Gasteiger partial charge < -0.3 is 9.47 Å². The maximum atomic E-state index is 12.1. The van der Waals surface area contributed by atoms with Gasteiger partial charge in [-0.2, -0.15) is 0 Å². The first-order chi connectivity index (χ1) is 13.2. The highest BCUT2D eigenvalue weighted by Gasteiger charge is 2.16. The lowest BCUT2D eigenvalue weighted by Crippen LogP contribution is -2.37. The zero-order valence-electron chi connectivity index (χ0n) is 17.0. The summed E-state index contributed by atoms with van der Waals surface area (Å²) < 4.78 is 11.2. The van der Waals surface area contributed by atoms with Gasteiger partial charge in [0, 0.05) is 12.2 Å². The van der Waals surface area contributed by atoms with Crippen LogP contribution in [0, 0.1) is 0 Å². The van der Waals surface area contributed by atoms with Gasteiger partial charge in [-0.15, -0.1) is 0 Å². The van der Waals surface area contributed by atoms with Gasteiger partial charge in [0.05, 0.1) is 6.61 Å². The third kappa shape index (κ3) is 9.14. The molecule has 27 heavy (non-hydrogen) atoms. The van der Waals surface area contributed by atoms with E-state index in [9.17, 15) is 4.79 Å². The summed E-state index contributed by atoms with van der Waals surface area (Å²) in [5.74, 6) is 0.836. The smallest absolute Gasteiger partial charge is 0.411 e. The van der Waals surface area contributed by atoms with Crippen molar-refractivity contribution in [1.29, 1.82) is 0 Å². The van der Waals surface area contributed by atoms with Crippen LogP contribution in [-0.4, -0.2) is 43.3 Å². The van der Waals surface area contributed by atoms with E-state index in [1.807, 2.05) is 31.2 Å². The van der Waals surface area contributed by atoms with Crippen molar-refractivity contribution in [2.45, 2.75) is 71.3 Å². The Morgan fingerprint density at radius 3 is 2.48 bits per heavy atom. The van der Waals surface area contributed by atoms with Crippen molar-refractivity contribution < 1.29 is 14.3 Å². The minimum Gasteiger partial charge on any atom is -0.494 e. The van der Waals surface area contributed by atoms with Crippen molar-refractivity contribution in [2.24, 2.45) is 0 Å². The summed E-state index contributed by atoms with van der Waals surface area (Å²) in [5.41, 5.74) is 0.723. The number of benzene rings is 1. The van der Waals surface area contributed by atoms with Crippen LogP contribution >= 0.6 is 0 Å². The van der Waals surface area contributed by atoms with Gasteiger partial charge in [0.15, 0.2) is 0 Å². The molecule has 0 radical (unpaired) electrons. The number of hydrogen-bond donors (Lipinski definition) is 1. The zero-order chi connectivity index (χ0) is 19.3. The van der Waals surface area contributed by atoms with Crippen molar-refractivity contribution in [3.05, 3.63) is 24.3 Å². The van der Waals surface area contributed by atoms with Crippen LogP contribution < -0.4 is 10.1 Å². The lowest BCUT2D eigenvalue weighted by atomic mass is 10.1. The van der Waals surface area contributed by atoms with Crippen molar-refractivity contribution in [3.63, 3.8) is 0 Å². The lowest BCUT2D eigenvalue weighted by Gasteiger charge is -2.28. The maximum absolute atomic E-state index is 12.1. The molecule has 1 atom stereocenters. The van der Waals surface area contributed by atoms with Crippen LogP contribution in [0.1, 0.15) is 65.2 Å². The number of nitrogens with one attached hydrogen (secondary N) is 1. The van der Waals surface area contributed by atoms with Crippen LogP contribution in [0.4, 0.5) is 10.5 Å². The van der Waals surface area contributed by atoms with Gasteiger partial charge in [0.2, 0.25) is 0 Å². The molecule has 152 valence electrons. The topological polar surface area (TPSA) is 50.8 Å².